The second-order valence-corrected chi connectivity index (χ2v) is 11.6. The minimum absolute atomic E-state index is 0.0806. The SMILES string of the molecule is CCCCOc1ccc(-c2nc3s/c(=C\c4cn(-c5ccccc5)nc4-c4ccc(OC(C)C)c(C)c4)c(=O)n3n2)cc1. The number of para-hydroxylation sites is 1. The molecule has 0 aliphatic carbocycles. The number of aromatic nitrogens is 5. The van der Waals surface area contributed by atoms with Crippen LogP contribution >= 0.6 is 11.3 Å². The van der Waals surface area contributed by atoms with Crippen LogP contribution in [-0.2, 0) is 0 Å². The van der Waals surface area contributed by atoms with Crippen molar-refractivity contribution in [3.05, 3.63) is 105 Å². The Bertz CT molecular complexity index is 1970. The first-order chi connectivity index (χ1) is 20.9. The molecule has 0 unspecified atom stereocenters. The predicted molar refractivity (Wildman–Crippen MR) is 171 cm³/mol. The van der Waals surface area contributed by atoms with Crippen molar-refractivity contribution in [2.45, 2.75) is 46.6 Å². The van der Waals surface area contributed by atoms with Crippen LogP contribution in [0.4, 0.5) is 0 Å². The molecule has 3 aromatic heterocycles. The predicted octanol–water partition coefficient (Wildman–Crippen LogP) is 6.49. The zero-order valence-corrected chi connectivity index (χ0v) is 25.5. The van der Waals surface area contributed by atoms with Gasteiger partial charge in [0.2, 0.25) is 4.96 Å². The molecule has 0 atom stereocenters. The fourth-order valence-corrected chi connectivity index (χ4v) is 5.64. The van der Waals surface area contributed by atoms with Crippen LogP contribution in [-0.4, -0.2) is 37.1 Å². The Balaban J connectivity index is 1.37. The van der Waals surface area contributed by atoms with Gasteiger partial charge >= 0.3 is 0 Å². The largest absolute Gasteiger partial charge is 0.494 e. The van der Waals surface area contributed by atoms with Crippen LogP contribution in [0, 0.1) is 6.92 Å². The third kappa shape index (κ3) is 6.08. The summed E-state index contributed by atoms with van der Waals surface area (Å²) in [4.78, 5) is 18.7. The van der Waals surface area contributed by atoms with Gasteiger partial charge in [-0.3, -0.25) is 4.79 Å². The van der Waals surface area contributed by atoms with Gasteiger partial charge in [-0.15, -0.1) is 5.10 Å². The number of benzene rings is 3. The highest BCUT2D eigenvalue weighted by molar-refractivity contribution is 7.15. The molecule has 0 N–H and O–H groups in total. The average Bonchev–Trinajstić information content (AvgIpc) is 3.70. The van der Waals surface area contributed by atoms with Gasteiger partial charge in [0.15, 0.2) is 5.82 Å². The second kappa shape index (κ2) is 12.2. The zero-order valence-electron chi connectivity index (χ0n) is 24.7. The van der Waals surface area contributed by atoms with E-state index in [-0.39, 0.29) is 11.7 Å². The molecular weight excluding hydrogens is 558 g/mol. The summed E-state index contributed by atoms with van der Waals surface area (Å²) in [5, 5.41) is 9.47. The minimum Gasteiger partial charge on any atom is -0.494 e. The standard InChI is InChI=1S/C34H33N5O3S/c1-5-6-18-41-28-15-12-24(13-16-28)32-35-34-39(37-32)33(40)30(43-34)20-26-21-38(27-10-8-7-9-11-27)36-31(26)25-14-17-29(23(4)19-25)42-22(2)3/h7-17,19-22H,5-6,18H2,1-4H3/b30-20-. The van der Waals surface area contributed by atoms with Gasteiger partial charge in [-0.25, -0.2) is 4.68 Å². The van der Waals surface area contributed by atoms with E-state index in [0.717, 1.165) is 58.0 Å². The Morgan fingerprint density at radius 2 is 1.74 bits per heavy atom. The van der Waals surface area contributed by atoms with Gasteiger partial charge in [-0.2, -0.15) is 14.6 Å². The molecule has 8 nitrogen and oxygen atoms in total. The summed E-state index contributed by atoms with van der Waals surface area (Å²) in [5.74, 6) is 2.16. The normalized spacial score (nSPS) is 12.0. The molecule has 3 heterocycles. The molecular formula is C34H33N5O3S. The lowest BCUT2D eigenvalue weighted by Crippen LogP contribution is -2.23. The van der Waals surface area contributed by atoms with Crippen molar-refractivity contribution in [2.75, 3.05) is 6.61 Å². The van der Waals surface area contributed by atoms with Crippen LogP contribution in [0.5, 0.6) is 11.5 Å². The average molecular weight is 592 g/mol. The van der Waals surface area contributed by atoms with Crippen molar-refractivity contribution >= 4 is 22.4 Å². The number of nitrogens with zero attached hydrogens (tertiary/aromatic N) is 5. The highest BCUT2D eigenvalue weighted by Crippen LogP contribution is 2.29. The van der Waals surface area contributed by atoms with Crippen molar-refractivity contribution in [1.82, 2.24) is 24.4 Å². The van der Waals surface area contributed by atoms with Gasteiger partial charge in [0.25, 0.3) is 5.56 Å². The maximum absolute atomic E-state index is 13.5. The number of hydrogen-bond acceptors (Lipinski definition) is 7. The summed E-state index contributed by atoms with van der Waals surface area (Å²) in [7, 11) is 0. The Morgan fingerprint density at radius 1 is 0.977 bits per heavy atom. The lowest BCUT2D eigenvalue weighted by Gasteiger charge is -2.13. The highest BCUT2D eigenvalue weighted by Gasteiger charge is 2.16. The van der Waals surface area contributed by atoms with E-state index < -0.39 is 0 Å². The number of hydrogen-bond donors (Lipinski definition) is 0. The Kier molecular flexibility index (Phi) is 8.07. The molecule has 218 valence electrons. The molecule has 0 aliphatic heterocycles. The summed E-state index contributed by atoms with van der Waals surface area (Å²) >= 11 is 1.31. The van der Waals surface area contributed by atoms with Crippen molar-refractivity contribution in [3.63, 3.8) is 0 Å². The van der Waals surface area contributed by atoms with E-state index in [9.17, 15) is 4.79 Å². The van der Waals surface area contributed by atoms with Gasteiger partial charge in [-0.1, -0.05) is 42.9 Å². The molecule has 6 aromatic rings. The number of rotatable bonds is 10. The van der Waals surface area contributed by atoms with Crippen molar-refractivity contribution in [1.29, 1.82) is 0 Å². The summed E-state index contributed by atoms with van der Waals surface area (Å²) in [6, 6.07) is 23.6. The van der Waals surface area contributed by atoms with Crippen LogP contribution in [0.25, 0.3) is 39.4 Å². The van der Waals surface area contributed by atoms with Gasteiger partial charge < -0.3 is 9.47 Å². The molecule has 0 spiro atoms. The van der Waals surface area contributed by atoms with Crippen LogP contribution in [0.3, 0.4) is 0 Å². The van der Waals surface area contributed by atoms with Crippen LogP contribution in [0.15, 0.2) is 83.8 Å². The monoisotopic (exact) mass is 591 g/mol. The van der Waals surface area contributed by atoms with Crippen molar-refractivity contribution in [3.8, 4) is 39.8 Å². The Morgan fingerprint density at radius 3 is 2.44 bits per heavy atom. The maximum Gasteiger partial charge on any atom is 0.291 e. The molecule has 0 radical (unpaired) electrons. The summed E-state index contributed by atoms with van der Waals surface area (Å²) in [5.41, 5.74) is 5.08. The van der Waals surface area contributed by atoms with Gasteiger partial charge in [0.05, 0.1) is 22.9 Å². The van der Waals surface area contributed by atoms with Gasteiger partial charge in [-0.05, 0) is 93.4 Å². The number of aryl methyl sites for hydroxylation is 1. The summed E-state index contributed by atoms with van der Waals surface area (Å²) in [6.07, 6.45) is 6.00. The second-order valence-electron chi connectivity index (χ2n) is 10.6. The first kappa shape index (κ1) is 28.4. The van der Waals surface area contributed by atoms with E-state index in [1.807, 2.05) is 104 Å². The fraction of sp³-hybridized carbons (Fsp3) is 0.235. The third-order valence-corrected chi connectivity index (χ3v) is 7.88. The first-order valence-corrected chi connectivity index (χ1v) is 15.3. The van der Waals surface area contributed by atoms with E-state index in [1.54, 1.807) is 0 Å². The lowest BCUT2D eigenvalue weighted by molar-refractivity contribution is 0.241. The number of thiazole rings is 1. The maximum atomic E-state index is 13.5. The number of unbranched alkanes of at least 4 members (excludes halogenated alkanes) is 1. The van der Waals surface area contributed by atoms with E-state index in [2.05, 4.69) is 23.1 Å². The summed E-state index contributed by atoms with van der Waals surface area (Å²) < 4.78 is 15.5. The van der Waals surface area contributed by atoms with E-state index in [0.29, 0.717) is 21.9 Å². The zero-order chi connectivity index (χ0) is 29.9. The molecule has 3 aromatic carbocycles. The molecule has 0 saturated carbocycles. The molecule has 0 fully saturated rings. The Labute approximate surface area is 253 Å². The summed E-state index contributed by atoms with van der Waals surface area (Å²) in [6.45, 7) is 8.88. The molecule has 0 bridgehead atoms. The number of ether oxygens (including phenoxy) is 2. The van der Waals surface area contributed by atoms with Crippen LogP contribution in [0.1, 0.15) is 44.7 Å². The van der Waals surface area contributed by atoms with Crippen molar-refractivity contribution < 1.29 is 9.47 Å². The minimum atomic E-state index is -0.214. The third-order valence-electron chi connectivity index (χ3n) is 6.92. The first-order valence-electron chi connectivity index (χ1n) is 14.5. The molecule has 6 rings (SSSR count). The Hall–Kier alpha value is -4.76. The van der Waals surface area contributed by atoms with Crippen LogP contribution < -0.4 is 19.6 Å². The topological polar surface area (TPSA) is 83.5 Å². The van der Waals surface area contributed by atoms with Gasteiger partial charge in [0.1, 0.15) is 17.2 Å². The molecule has 0 amide bonds. The van der Waals surface area contributed by atoms with Crippen molar-refractivity contribution in [2.24, 2.45) is 0 Å². The van der Waals surface area contributed by atoms with E-state index in [1.165, 1.54) is 15.9 Å². The quantitative estimate of drug-likeness (QED) is 0.169. The smallest absolute Gasteiger partial charge is 0.291 e. The van der Waals surface area contributed by atoms with E-state index in [4.69, 9.17) is 14.6 Å². The molecule has 0 aliphatic rings. The molecule has 9 heteroatoms. The molecule has 43 heavy (non-hydrogen) atoms. The van der Waals surface area contributed by atoms with Gasteiger partial charge in [0, 0.05) is 22.9 Å². The molecule has 0 saturated heterocycles. The van der Waals surface area contributed by atoms with E-state index >= 15 is 0 Å². The fourth-order valence-electron chi connectivity index (χ4n) is 4.74. The lowest BCUT2D eigenvalue weighted by atomic mass is 10.0. The number of fused-ring (bicyclic) bond motifs is 1. The van der Waals surface area contributed by atoms with Crippen LogP contribution in [0.2, 0.25) is 0 Å². The highest BCUT2D eigenvalue weighted by atomic mass is 32.1.